The zero-order chi connectivity index (χ0) is 37.4. The van der Waals surface area contributed by atoms with Crippen LogP contribution < -0.4 is 16.4 Å². The van der Waals surface area contributed by atoms with Crippen LogP contribution in [0.25, 0.3) is 0 Å². The average Bonchev–Trinajstić information content (AvgIpc) is 3.13. The van der Waals surface area contributed by atoms with Gasteiger partial charge in [0.1, 0.15) is 24.4 Å². The van der Waals surface area contributed by atoms with E-state index in [2.05, 4.69) is 24.5 Å². The van der Waals surface area contributed by atoms with Crippen molar-refractivity contribution in [2.75, 3.05) is 26.2 Å². The maximum absolute atomic E-state index is 13.6. The molecular formula is C41H82N4O6. The summed E-state index contributed by atoms with van der Waals surface area (Å²) >= 11 is 0. The molecule has 0 bridgehead atoms. The fraction of sp³-hybridized carbons (Fsp3) is 0.951. The molecule has 0 saturated carbocycles. The molecule has 0 aliphatic carbocycles. The summed E-state index contributed by atoms with van der Waals surface area (Å²) in [5.74, 6) is -0.543. The number of amides is 3. The molecule has 0 spiro atoms. The van der Waals surface area contributed by atoms with Gasteiger partial charge in [0, 0.05) is 13.1 Å². The molecular weight excluding hydrogens is 644 g/mol. The molecule has 1 heterocycles. The number of urea groups is 1. The van der Waals surface area contributed by atoms with Crippen molar-refractivity contribution in [1.29, 1.82) is 0 Å². The van der Waals surface area contributed by atoms with Crippen molar-refractivity contribution in [2.24, 2.45) is 5.73 Å². The van der Waals surface area contributed by atoms with Gasteiger partial charge in [-0.25, -0.2) is 4.79 Å². The molecule has 0 aromatic carbocycles. The van der Waals surface area contributed by atoms with Crippen LogP contribution in [0.2, 0.25) is 0 Å². The zero-order valence-electron chi connectivity index (χ0n) is 33.1. The van der Waals surface area contributed by atoms with E-state index in [4.69, 9.17) is 10.5 Å². The summed E-state index contributed by atoms with van der Waals surface area (Å²) in [6.07, 6.45) is 30.5. The Morgan fingerprint density at radius 3 is 1.25 bits per heavy atom. The van der Waals surface area contributed by atoms with Gasteiger partial charge in [-0.05, 0) is 12.8 Å². The van der Waals surface area contributed by atoms with Crippen LogP contribution >= 0.6 is 0 Å². The molecule has 0 radical (unpaired) electrons. The number of unbranched alkanes of at least 4 members (excludes halogenated alkanes) is 26. The van der Waals surface area contributed by atoms with Gasteiger partial charge in [0.05, 0.1) is 13.2 Å². The summed E-state index contributed by atoms with van der Waals surface area (Å²) in [5.41, 5.74) is 5.47. The van der Waals surface area contributed by atoms with Crippen LogP contribution in [0.1, 0.15) is 194 Å². The van der Waals surface area contributed by atoms with Gasteiger partial charge >= 0.3 is 6.03 Å². The monoisotopic (exact) mass is 727 g/mol. The molecule has 3 amide bonds. The second-order valence-corrected chi connectivity index (χ2v) is 15.2. The number of aliphatic hydroxyl groups is 3. The Balaban J connectivity index is 2.49. The summed E-state index contributed by atoms with van der Waals surface area (Å²) in [6, 6.07) is -1.44. The van der Waals surface area contributed by atoms with Crippen molar-refractivity contribution in [1.82, 2.24) is 15.5 Å². The van der Waals surface area contributed by atoms with Crippen LogP contribution in [0.5, 0.6) is 0 Å². The van der Waals surface area contributed by atoms with Gasteiger partial charge in [0.2, 0.25) is 5.91 Å². The number of carbonyl (C=O) groups is 2. The normalized spacial score (nSPS) is 20.4. The minimum atomic E-state index is -1.44. The Labute approximate surface area is 312 Å². The van der Waals surface area contributed by atoms with E-state index in [1.807, 2.05) is 4.90 Å². The molecule has 1 rings (SSSR count). The summed E-state index contributed by atoms with van der Waals surface area (Å²) in [4.78, 5) is 27.5. The summed E-state index contributed by atoms with van der Waals surface area (Å²) in [5, 5.41) is 36.3. The number of nitrogens with zero attached hydrogens (tertiary/aromatic N) is 1. The number of hydrogen-bond acceptors (Lipinski definition) is 7. The molecule has 51 heavy (non-hydrogen) atoms. The molecule has 1 fully saturated rings. The van der Waals surface area contributed by atoms with Gasteiger partial charge in [0.25, 0.3) is 0 Å². The predicted molar refractivity (Wildman–Crippen MR) is 209 cm³/mol. The molecule has 1 aliphatic rings. The van der Waals surface area contributed by atoms with E-state index in [0.29, 0.717) is 13.1 Å². The highest BCUT2D eigenvalue weighted by atomic mass is 16.5. The standard InChI is InChI=1S/C41H82N4O6/c1-3-5-7-9-11-13-15-17-18-19-20-22-24-26-28-30-32-45(31-29-27-25-23-21-16-14-12-10-8-6-4-2)41(50)44-40-37(43-36(47)33-42)39(49)38(48)35(34-46)51-40/h35,37-40,46,48-49H,3-34,42H2,1-2H3,(H,43,47)(H,44,50)/t35-,37-,38+,39-,40-/m1/s1. The van der Waals surface area contributed by atoms with Gasteiger partial charge < -0.3 is 41.3 Å². The van der Waals surface area contributed by atoms with Crippen molar-refractivity contribution in [2.45, 2.75) is 224 Å². The van der Waals surface area contributed by atoms with Crippen molar-refractivity contribution in [3.8, 4) is 0 Å². The van der Waals surface area contributed by atoms with Crippen LogP contribution in [-0.2, 0) is 9.53 Å². The minimum absolute atomic E-state index is 0.312. The summed E-state index contributed by atoms with van der Waals surface area (Å²) in [6.45, 7) is 4.90. The first-order chi connectivity index (χ1) is 24.9. The third-order valence-electron chi connectivity index (χ3n) is 10.6. The van der Waals surface area contributed by atoms with E-state index < -0.39 is 43.1 Å². The van der Waals surface area contributed by atoms with Crippen LogP contribution in [0.3, 0.4) is 0 Å². The predicted octanol–water partition coefficient (Wildman–Crippen LogP) is 7.84. The second kappa shape index (κ2) is 33.1. The lowest BCUT2D eigenvalue weighted by molar-refractivity contribution is -0.199. The highest BCUT2D eigenvalue weighted by molar-refractivity contribution is 5.78. The number of rotatable bonds is 34. The lowest BCUT2D eigenvalue weighted by atomic mass is 9.96. The summed E-state index contributed by atoms with van der Waals surface area (Å²) < 4.78 is 5.77. The average molecular weight is 727 g/mol. The van der Waals surface area contributed by atoms with E-state index in [0.717, 1.165) is 38.5 Å². The van der Waals surface area contributed by atoms with Gasteiger partial charge in [0.15, 0.2) is 6.23 Å². The first kappa shape index (κ1) is 47.6. The maximum atomic E-state index is 13.6. The molecule has 302 valence electrons. The Bertz CT molecular complexity index is 821. The van der Waals surface area contributed by atoms with Crippen molar-refractivity contribution in [3.05, 3.63) is 0 Å². The van der Waals surface area contributed by atoms with Crippen molar-refractivity contribution < 1.29 is 29.6 Å². The molecule has 0 unspecified atom stereocenters. The Morgan fingerprint density at radius 1 is 0.569 bits per heavy atom. The number of nitrogens with one attached hydrogen (secondary N) is 2. The van der Waals surface area contributed by atoms with E-state index in [1.54, 1.807) is 0 Å². The molecule has 5 atom stereocenters. The molecule has 10 nitrogen and oxygen atoms in total. The highest BCUT2D eigenvalue weighted by Gasteiger charge is 2.45. The fourth-order valence-electron chi connectivity index (χ4n) is 7.17. The highest BCUT2D eigenvalue weighted by Crippen LogP contribution is 2.21. The Morgan fingerprint density at radius 2 is 0.922 bits per heavy atom. The number of aliphatic hydroxyl groups excluding tert-OH is 3. The zero-order valence-corrected chi connectivity index (χ0v) is 33.1. The molecule has 10 heteroatoms. The third kappa shape index (κ3) is 23.7. The summed E-state index contributed by atoms with van der Waals surface area (Å²) in [7, 11) is 0. The smallest absolute Gasteiger partial charge is 0.319 e. The molecule has 0 aromatic heterocycles. The van der Waals surface area contributed by atoms with Crippen LogP contribution in [0.4, 0.5) is 4.79 Å². The van der Waals surface area contributed by atoms with Crippen LogP contribution in [-0.4, -0.2) is 89.0 Å². The molecule has 1 saturated heterocycles. The number of carbonyl (C=O) groups excluding carboxylic acids is 2. The van der Waals surface area contributed by atoms with E-state index in [9.17, 15) is 24.9 Å². The van der Waals surface area contributed by atoms with E-state index >= 15 is 0 Å². The van der Waals surface area contributed by atoms with Crippen LogP contribution in [0.15, 0.2) is 0 Å². The second-order valence-electron chi connectivity index (χ2n) is 15.2. The lowest BCUT2D eigenvalue weighted by Gasteiger charge is -2.43. The Kier molecular flexibility index (Phi) is 30.9. The third-order valence-corrected chi connectivity index (χ3v) is 10.6. The van der Waals surface area contributed by atoms with Crippen LogP contribution in [0, 0.1) is 0 Å². The number of ether oxygens (including phenoxy) is 1. The lowest BCUT2D eigenvalue weighted by Crippen LogP contribution is -2.69. The fourth-order valence-corrected chi connectivity index (χ4v) is 7.17. The topological polar surface area (TPSA) is 157 Å². The van der Waals surface area contributed by atoms with E-state index in [-0.39, 0.29) is 12.6 Å². The van der Waals surface area contributed by atoms with Crippen molar-refractivity contribution >= 4 is 11.9 Å². The first-order valence-electron chi connectivity index (χ1n) is 21.6. The quantitative estimate of drug-likeness (QED) is 0.0369. The number of nitrogens with two attached hydrogens (primary N) is 1. The maximum Gasteiger partial charge on any atom is 0.319 e. The largest absolute Gasteiger partial charge is 0.394 e. The SMILES string of the molecule is CCCCCCCCCCCCCCCCCCN(CCCCCCCCCCCCCC)C(=O)N[C@@H]1O[C@H](CO)[C@H](O)[C@H](O)[C@H]1NC(=O)CN. The van der Waals surface area contributed by atoms with Gasteiger partial charge in [-0.15, -0.1) is 0 Å². The Hall–Kier alpha value is -1.46. The molecule has 7 N–H and O–H groups in total. The van der Waals surface area contributed by atoms with Gasteiger partial charge in [-0.1, -0.05) is 181 Å². The molecule has 0 aromatic rings. The minimum Gasteiger partial charge on any atom is -0.394 e. The van der Waals surface area contributed by atoms with Gasteiger partial charge in [-0.3, -0.25) is 4.79 Å². The van der Waals surface area contributed by atoms with Crippen molar-refractivity contribution in [3.63, 3.8) is 0 Å². The number of hydrogen-bond donors (Lipinski definition) is 6. The van der Waals surface area contributed by atoms with Gasteiger partial charge in [-0.2, -0.15) is 0 Å². The first-order valence-corrected chi connectivity index (χ1v) is 21.6. The van der Waals surface area contributed by atoms with E-state index in [1.165, 1.54) is 141 Å². The molecule has 1 aliphatic heterocycles.